The predicted octanol–water partition coefficient (Wildman–Crippen LogP) is 12.2. The van der Waals surface area contributed by atoms with Crippen molar-refractivity contribution in [1.82, 2.24) is 0 Å². The first-order chi connectivity index (χ1) is 28.0. The molecule has 0 amide bonds. The minimum absolute atomic E-state index is 0.276. The van der Waals surface area contributed by atoms with Crippen molar-refractivity contribution in [3.8, 4) is 12.1 Å². The fourth-order valence-corrected chi connectivity index (χ4v) is 11.1. The van der Waals surface area contributed by atoms with Crippen LogP contribution < -0.4 is 19.6 Å². The summed E-state index contributed by atoms with van der Waals surface area (Å²) in [6, 6.07) is 37.0. The highest BCUT2D eigenvalue weighted by atomic mass is 35.5. The van der Waals surface area contributed by atoms with E-state index in [2.05, 4.69) is 133 Å². The van der Waals surface area contributed by atoms with Gasteiger partial charge in [-0.15, -0.1) is 0 Å². The Hall–Kier alpha value is -4.36. The maximum atomic E-state index is 9.30. The van der Waals surface area contributed by atoms with Gasteiger partial charge in [0.15, 0.2) is 0 Å². The van der Waals surface area contributed by atoms with E-state index in [1.54, 1.807) is 0 Å². The Morgan fingerprint density at radius 1 is 0.603 bits per heavy atom. The zero-order valence-electron chi connectivity index (χ0n) is 35.0. The van der Waals surface area contributed by atoms with Gasteiger partial charge in [-0.1, -0.05) is 73.1 Å². The van der Waals surface area contributed by atoms with Gasteiger partial charge in [-0.05, 0) is 141 Å². The second kappa shape index (κ2) is 16.7. The molecule has 4 aliphatic rings. The third-order valence-electron chi connectivity index (χ3n) is 14.9. The van der Waals surface area contributed by atoms with Gasteiger partial charge in [0.05, 0.1) is 21.5 Å². The molecule has 3 atom stereocenters. The van der Waals surface area contributed by atoms with Gasteiger partial charge in [0.25, 0.3) is 6.54 Å². The molecule has 58 heavy (non-hydrogen) atoms. The average Bonchev–Trinajstić information content (AvgIpc) is 3.73. The molecule has 0 aromatic heterocycles. The first-order valence-corrected chi connectivity index (χ1v) is 22.4. The van der Waals surface area contributed by atoms with E-state index >= 15 is 0 Å². The molecule has 0 N–H and O–H groups in total. The van der Waals surface area contributed by atoms with Crippen LogP contribution in [0.3, 0.4) is 0 Å². The number of nitrogens with zero attached hydrogens (tertiary/aromatic N) is 6. The van der Waals surface area contributed by atoms with Gasteiger partial charge in [0.2, 0.25) is 0 Å². The SMILES string of the molecule is CC(C)c1ccc(N2CCC3(CC2)CCN(c2ccc(C#[N+]CC(C)c4ccc(N5CCC6(CC5)CCN(c5ccc(C#N)c(Cl)c5)[C@H]6C)cc4)c(Cl)c2)C3C)cc1. The third kappa shape index (κ3) is 7.88. The van der Waals surface area contributed by atoms with Crippen LogP contribution in [-0.2, 0) is 0 Å². The molecule has 4 aromatic rings. The molecule has 2 spiro atoms. The Morgan fingerprint density at radius 2 is 1.02 bits per heavy atom. The van der Waals surface area contributed by atoms with Gasteiger partial charge < -0.3 is 19.6 Å². The molecule has 4 heterocycles. The molecule has 0 bridgehead atoms. The number of halogens is 2. The molecular weight excluding hydrogens is 755 g/mol. The van der Waals surface area contributed by atoms with Crippen molar-refractivity contribution in [2.45, 2.75) is 97.1 Å². The van der Waals surface area contributed by atoms with Crippen molar-refractivity contribution in [3.05, 3.63) is 122 Å². The second-order valence-corrected chi connectivity index (χ2v) is 18.9. The first-order valence-electron chi connectivity index (χ1n) is 21.6. The average molecular weight is 815 g/mol. The van der Waals surface area contributed by atoms with Crippen molar-refractivity contribution < 1.29 is 0 Å². The number of nitriles is 1. The summed E-state index contributed by atoms with van der Waals surface area (Å²) in [5.74, 6) is 0.841. The molecule has 2 unspecified atom stereocenters. The number of benzene rings is 4. The van der Waals surface area contributed by atoms with E-state index in [1.807, 2.05) is 18.2 Å². The number of anilines is 4. The van der Waals surface area contributed by atoms with Crippen LogP contribution in [0.2, 0.25) is 10.0 Å². The smallest absolute Gasteiger partial charge is 0.312 e. The summed E-state index contributed by atoms with van der Waals surface area (Å²) in [6.45, 7) is 18.7. The molecule has 4 aliphatic heterocycles. The summed E-state index contributed by atoms with van der Waals surface area (Å²) in [5, 5.41) is 10.6. The minimum Gasteiger partial charge on any atom is -0.371 e. The molecule has 8 rings (SSSR count). The molecule has 8 heteroatoms. The number of piperidine rings is 2. The van der Waals surface area contributed by atoms with Gasteiger partial charge in [-0.2, -0.15) is 5.26 Å². The van der Waals surface area contributed by atoms with Gasteiger partial charge in [-0.25, -0.2) is 0 Å². The lowest BCUT2D eigenvalue weighted by molar-refractivity contribution is 0.205. The van der Waals surface area contributed by atoms with Crippen LogP contribution in [0, 0.1) is 28.2 Å². The van der Waals surface area contributed by atoms with Gasteiger partial charge in [-0.3, -0.25) is 0 Å². The predicted molar refractivity (Wildman–Crippen MR) is 245 cm³/mol. The van der Waals surface area contributed by atoms with Crippen LogP contribution in [0.4, 0.5) is 22.7 Å². The monoisotopic (exact) mass is 813 g/mol. The Morgan fingerprint density at radius 3 is 1.45 bits per heavy atom. The van der Waals surface area contributed by atoms with Crippen LogP contribution in [0.1, 0.15) is 107 Å². The highest BCUT2D eigenvalue weighted by Crippen LogP contribution is 2.49. The third-order valence-corrected chi connectivity index (χ3v) is 15.6. The summed E-state index contributed by atoms with van der Waals surface area (Å²) in [6.07, 6.45) is 7.21. The zero-order chi connectivity index (χ0) is 40.6. The highest BCUT2D eigenvalue weighted by molar-refractivity contribution is 6.32. The van der Waals surface area contributed by atoms with E-state index in [1.165, 1.54) is 66.7 Å². The van der Waals surface area contributed by atoms with E-state index in [0.717, 1.165) is 50.5 Å². The quantitative estimate of drug-likeness (QED) is 0.186. The zero-order valence-corrected chi connectivity index (χ0v) is 36.5. The molecule has 302 valence electrons. The summed E-state index contributed by atoms with van der Waals surface area (Å²) in [5.41, 5.74) is 9.73. The second-order valence-electron chi connectivity index (χ2n) is 18.1. The Labute approximate surface area is 357 Å². The van der Waals surface area contributed by atoms with E-state index < -0.39 is 0 Å². The molecular formula is C50H59Cl2N6+. The first kappa shape index (κ1) is 40.4. The van der Waals surface area contributed by atoms with Gasteiger partial charge >= 0.3 is 6.07 Å². The van der Waals surface area contributed by atoms with E-state index in [0.29, 0.717) is 51.0 Å². The standard InChI is InChI=1S/C50H59Cl2N6/c1-35(2)39-6-12-43(13-7-39)55-24-18-50(19-25-55)23-29-58(38(50)5)46-17-11-42(48(52)31-46)34-54-33-36(3)40-8-14-44(15-9-40)56-26-20-49(21-27-56)22-28-57(37(49)4)45-16-10-41(32-53)47(51)30-45/h6-17,30-31,35-38H,18-29,33H2,1-5H3/q+1/t36?,37-,38?/m0/s1. The molecule has 4 saturated heterocycles. The fourth-order valence-electron chi connectivity index (χ4n) is 10.6. The molecule has 0 aliphatic carbocycles. The largest absolute Gasteiger partial charge is 0.371 e. The summed E-state index contributed by atoms with van der Waals surface area (Å²) in [7, 11) is 0. The maximum Gasteiger partial charge on any atom is 0.312 e. The number of rotatable bonds is 7. The van der Waals surface area contributed by atoms with Crippen LogP contribution in [0.15, 0.2) is 84.9 Å². The molecule has 0 saturated carbocycles. The van der Waals surface area contributed by atoms with Crippen molar-refractivity contribution in [3.63, 3.8) is 0 Å². The summed E-state index contributed by atoms with van der Waals surface area (Å²) >= 11 is 13.3. The molecule has 4 fully saturated rings. The van der Waals surface area contributed by atoms with Crippen LogP contribution in [-0.4, -0.2) is 57.9 Å². The van der Waals surface area contributed by atoms with E-state index in [-0.39, 0.29) is 5.92 Å². The lowest BCUT2D eigenvalue weighted by Gasteiger charge is -2.44. The normalized spacial score (nSPS) is 21.7. The number of hydrogen-bond acceptors (Lipinski definition) is 5. The molecule has 4 aromatic carbocycles. The van der Waals surface area contributed by atoms with Crippen LogP contribution in [0.25, 0.3) is 4.85 Å². The number of hydrogen-bond donors (Lipinski definition) is 0. The van der Waals surface area contributed by atoms with Gasteiger partial charge in [0, 0.05) is 74.1 Å². The Kier molecular flexibility index (Phi) is 11.6. The van der Waals surface area contributed by atoms with E-state index in [9.17, 15) is 5.26 Å². The lowest BCUT2D eigenvalue weighted by atomic mass is 9.73. The Balaban J connectivity index is 0.820. The molecule has 6 nitrogen and oxygen atoms in total. The Bertz CT molecular complexity index is 2180. The van der Waals surface area contributed by atoms with Crippen molar-refractivity contribution in [2.24, 2.45) is 10.8 Å². The highest BCUT2D eigenvalue weighted by Gasteiger charge is 2.48. The lowest BCUT2D eigenvalue weighted by Crippen LogP contribution is -2.46. The van der Waals surface area contributed by atoms with Gasteiger partial charge in [0.1, 0.15) is 11.6 Å². The van der Waals surface area contributed by atoms with Crippen molar-refractivity contribution in [2.75, 3.05) is 65.4 Å². The van der Waals surface area contributed by atoms with Crippen molar-refractivity contribution in [1.29, 1.82) is 5.26 Å². The maximum absolute atomic E-state index is 9.30. The minimum atomic E-state index is 0.276. The molecule has 0 radical (unpaired) electrons. The van der Waals surface area contributed by atoms with Crippen molar-refractivity contribution >= 4 is 46.0 Å². The van der Waals surface area contributed by atoms with E-state index in [4.69, 9.17) is 28.0 Å². The topological polar surface area (TPSA) is 41.1 Å². The fraction of sp³-hybridized carbons (Fsp3) is 0.480. The van der Waals surface area contributed by atoms with Crippen LogP contribution in [0.5, 0.6) is 0 Å². The summed E-state index contributed by atoms with van der Waals surface area (Å²) < 4.78 is 0. The van der Waals surface area contributed by atoms with Crippen LogP contribution >= 0.6 is 23.2 Å². The summed E-state index contributed by atoms with van der Waals surface area (Å²) in [4.78, 5) is 14.9.